The van der Waals surface area contributed by atoms with Crippen molar-refractivity contribution in [1.29, 1.82) is 0 Å². The Balaban J connectivity index is 2.53. The Morgan fingerprint density at radius 1 is 1.05 bits per heavy atom. The van der Waals surface area contributed by atoms with E-state index in [-0.39, 0.29) is 11.3 Å². The summed E-state index contributed by atoms with van der Waals surface area (Å²) in [6.45, 7) is 3.59. The van der Waals surface area contributed by atoms with Gasteiger partial charge in [0.05, 0.1) is 5.57 Å². The molecular weight excluding hydrogens is 252 g/mol. The summed E-state index contributed by atoms with van der Waals surface area (Å²) in [4.78, 5) is 11.4. The molecule has 0 saturated carbocycles. The first-order valence-corrected chi connectivity index (χ1v) is 6.29. The minimum absolute atomic E-state index is 0.232. The van der Waals surface area contributed by atoms with Crippen LogP contribution in [0.25, 0.3) is 11.6 Å². The van der Waals surface area contributed by atoms with Crippen LogP contribution in [0, 0.1) is 13.8 Å². The summed E-state index contributed by atoms with van der Waals surface area (Å²) in [6.07, 6.45) is 1.62. The molecule has 0 amide bonds. The average Bonchev–Trinajstić information content (AvgIpc) is 2.42. The minimum Gasteiger partial charge on any atom is -0.507 e. The molecule has 20 heavy (non-hydrogen) atoms. The molecule has 0 unspecified atom stereocenters. The summed E-state index contributed by atoms with van der Waals surface area (Å²) in [5, 5.41) is 19.1. The molecule has 3 nitrogen and oxygen atoms in total. The maximum absolute atomic E-state index is 11.4. The van der Waals surface area contributed by atoms with Crippen molar-refractivity contribution in [3.05, 3.63) is 64.7 Å². The number of aromatic hydroxyl groups is 1. The van der Waals surface area contributed by atoms with Crippen LogP contribution in [0.1, 0.15) is 22.3 Å². The van der Waals surface area contributed by atoms with Gasteiger partial charge in [-0.3, -0.25) is 0 Å². The van der Waals surface area contributed by atoms with E-state index < -0.39 is 5.97 Å². The molecule has 3 heteroatoms. The molecule has 2 rings (SSSR count). The largest absolute Gasteiger partial charge is 0.507 e. The highest BCUT2D eigenvalue weighted by molar-refractivity contribution is 6.20. The molecule has 102 valence electrons. The maximum atomic E-state index is 11.4. The van der Waals surface area contributed by atoms with E-state index in [9.17, 15) is 15.0 Å². The molecule has 2 aromatic rings. The van der Waals surface area contributed by atoms with Crippen LogP contribution in [-0.2, 0) is 4.79 Å². The number of aliphatic carboxylic acids is 1. The molecular formula is C17H16O3. The van der Waals surface area contributed by atoms with Gasteiger partial charge < -0.3 is 10.2 Å². The van der Waals surface area contributed by atoms with Crippen molar-refractivity contribution < 1.29 is 15.0 Å². The second-order valence-electron chi connectivity index (χ2n) is 4.73. The summed E-state index contributed by atoms with van der Waals surface area (Å²) in [6, 6.07) is 12.5. The van der Waals surface area contributed by atoms with Gasteiger partial charge in [0.25, 0.3) is 0 Å². The lowest BCUT2D eigenvalue weighted by atomic mass is 10.00. The summed E-state index contributed by atoms with van der Waals surface area (Å²) in [5.41, 5.74) is 3.11. The van der Waals surface area contributed by atoms with Crippen LogP contribution in [0.5, 0.6) is 5.75 Å². The molecule has 0 aromatic heterocycles. The number of hydrogen-bond donors (Lipinski definition) is 2. The van der Waals surface area contributed by atoms with Crippen molar-refractivity contribution >= 4 is 17.6 Å². The van der Waals surface area contributed by atoms with Crippen LogP contribution in [0.15, 0.2) is 42.5 Å². The fourth-order valence-electron chi connectivity index (χ4n) is 2.13. The van der Waals surface area contributed by atoms with E-state index in [1.165, 1.54) is 0 Å². The fraction of sp³-hybridized carbons (Fsp3) is 0.118. The van der Waals surface area contributed by atoms with Gasteiger partial charge in [0.15, 0.2) is 0 Å². The van der Waals surface area contributed by atoms with Crippen LogP contribution in [0.4, 0.5) is 0 Å². The number of carboxylic acids is 1. The zero-order valence-corrected chi connectivity index (χ0v) is 11.4. The van der Waals surface area contributed by atoms with Crippen molar-refractivity contribution in [3.8, 4) is 5.75 Å². The second kappa shape index (κ2) is 5.61. The van der Waals surface area contributed by atoms with Gasteiger partial charge in [-0.2, -0.15) is 0 Å². The van der Waals surface area contributed by atoms with Gasteiger partial charge in [-0.15, -0.1) is 0 Å². The lowest BCUT2D eigenvalue weighted by Gasteiger charge is -2.07. The number of benzene rings is 2. The highest BCUT2D eigenvalue weighted by atomic mass is 16.4. The number of phenols is 1. The molecule has 0 aliphatic rings. The molecule has 2 N–H and O–H groups in total. The molecule has 0 radical (unpaired) electrons. The monoisotopic (exact) mass is 268 g/mol. The van der Waals surface area contributed by atoms with E-state index in [1.807, 2.05) is 6.07 Å². The lowest BCUT2D eigenvalue weighted by molar-refractivity contribution is -0.130. The van der Waals surface area contributed by atoms with Crippen molar-refractivity contribution in [2.45, 2.75) is 13.8 Å². The third kappa shape index (κ3) is 2.88. The Labute approximate surface area is 117 Å². The number of carboxylic acid groups (broad SMARTS) is 1. The zero-order valence-electron chi connectivity index (χ0n) is 11.4. The lowest BCUT2D eigenvalue weighted by Crippen LogP contribution is -1.99. The van der Waals surface area contributed by atoms with Crippen molar-refractivity contribution in [2.24, 2.45) is 0 Å². The van der Waals surface area contributed by atoms with E-state index in [0.717, 1.165) is 16.7 Å². The third-order valence-corrected chi connectivity index (χ3v) is 3.14. The third-order valence-electron chi connectivity index (χ3n) is 3.14. The molecule has 0 aliphatic carbocycles. The maximum Gasteiger partial charge on any atom is 0.336 e. The number of carbonyl (C=O) groups is 1. The van der Waals surface area contributed by atoms with Gasteiger partial charge in [0, 0.05) is 0 Å². The first-order valence-electron chi connectivity index (χ1n) is 6.29. The van der Waals surface area contributed by atoms with Gasteiger partial charge in [-0.25, -0.2) is 4.79 Å². The fourth-order valence-corrected chi connectivity index (χ4v) is 2.13. The van der Waals surface area contributed by atoms with Gasteiger partial charge in [0.2, 0.25) is 0 Å². The first kappa shape index (κ1) is 13.9. The Morgan fingerprint density at radius 3 is 2.10 bits per heavy atom. The SMILES string of the molecule is Cc1cc(/C=C(\C(=O)O)c2ccccc2)cc(C)c1O. The van der Waals surface area contributed by atoms with Gasteiger partial charge >= 0.3 is 5.97 Å². The summed E-state index contributed by atoms with van der Waals surface area (Å²) in [7, 11) is 0. The van der Waals surface area contributed by atoms with Crippen molar-refractivity contribution in [3.63, 3.8) is 0 Å². The highest BCUT2D eigenvalue weighted by Gasteiger charge is 2.11. The van der Waals surface area contributed by atoms with Gasteiger partial charge in [-0.05, 0) is 54.3 Å². The molecule has 0 spiro atoms. The van der Waals surface area contributed by atoms with E-state index >= 15 is 0 Å². The Morgan fingerprint density at radius 2 is 1.60 bits per heavy atom. The van der Waals surface area contributed by atoms with E-state index in [1.54, 1.807) is 56.3 Å². The molecule has 0 atom stereocenters. The normalized spacial score (nSPS) is 11.4. The summed E-state index contributed by atoms with van der Waals surface area (Å²) < 4.78 is 0. The van der Waals surface area contributed by atoms with Crippen molar-refractivity contribution in [1.82, 2.24) is 0 Å². The number of hydrogen-bond acceptors (Lipinski definition) is 2. The van der Waals surface area contributed by atoms with Crippen LogP contribution < -0.4 is 0 Å². The van der Waals surface area contributed by atoms with Gasteiger partial charge in [0.1, 0.15) is 5.75 Å². The smallest absolute Gasteiger partial charge is 0.336 e. The predicted molar refractivity (Wildman–Crippen MR) is 79.5 cm³/mol. The zero-order chi connectivity index (χ0) is 14.7. The summed E-state index contributed by atoms with van der Waals surface area (Å²) in [5.74, 6) is -0.724. The van der Waals surface area contributed by atoms with Crippen molar-refractivity contribution in [2.75, 3.05) is 0 Å². The topological polar surface area (TPSA) is 57.5 Å². The molecule has 0 heterocycles. The van der Waals surface area contributed by atoms with E-state index in [0.29, 0.717) is 5.56 Å². The summed E-state index contributed by atoms with van der Waals surface area (Å²) >= 11 is 0. The van der Waals surface area contributed by atoms with Crippen LogP contribution in [0.3, 0.4) is 0 Å². The number of phenolic OH excluding ortho intramolecular Hbond substituents is 1. The molecule has 0 saturated heterocycles. The van der Waals surface area contributed by atoms with Crippen LogP contribution >= 0.6 is 0 Å². The highest BCUT2D eigenvalue weighted by Crippen LogP contribution is 2.26. The van der Waals surface area contributed by atoms with Crippen LogP contribution in [-0.4, -0.2) is 16.2 Å². The first-order chi connectivity index (χ1) is 9.49. The molecule has 0 aliphatic heterocycles. The standard InChI is InChI=1S/C17H16O3/c1-11-8-13(9-12(2)16(11)18)10-15(17(19)20)14-6-4-3-5-7-14/h3-10,18H,1-2H3,(H,19,20)/b15-10-. The number of aryl methyl sites for hydroxylation is 2. The van der Waals surface area contributed by atoms with E-state index in [2.05, 4.69) is 0 Å². The predicted octanol–water partition coefficient (Wildman–Crippen LogP) is 3.63. The molecule has 2 aromatic carbocycles. The average molecular weight is 268 g/mol. The van der Waals surface area contributed by atoms with Crippen LogP contribution in [0.2, 0.25) is 0 Å². The Kier molecular flexibility index (Phi) is 3.89. The minimum atomic E-state index is -0.973. The quantitative estimate of drug-likeness (QED) is 0.660. The Hall–Kier alpha value is -2.55. The van der Waals surface area contributed by atoms with Gasteiger partial charge in [-0.1, -0.05) is 30.3 Å². The van der Waals surface area contributed by atoms with E-state index in [4.69, 9.17) is 0 Å². The number of rotatable bonds is 3. The molecule has 0 fully saturated rings. The molecule has 0 bridgehead atoms. The Bertz CT molecular complexity index is 647. The second-order valence-corrected chi connectivity index (χ2v) is 4.73.